The van der Waals surface area contributed by atoms with Gasteiger partial charge >= 0.3 is 0 Å². The molecule has 1 aromatic heterocycles. The van der Waals surface area contributed by atoms with Crippen LogP contribution >= 0.6 is 12.4 Å². The number of nitrogens with zero attached hydrogens (tertiary/aromatic N) is 2. The van der Waals surface area contributed by atoms with Gasteiger partial charge in [0.25, 0.3) is 0 Å². The maximum Gasteiger partial charge on any atom is 0.246 e. The molecular weight excluding hydrogens is 250 g/mol. The highest BCUT2D eigenvalue weighted by Crippen LogP contribution is 2.36. The molecule has 2 aliphatic rings. The van der Waals surface area contributed by atoms with Crippen molar-refractivity contribution in [2.45, 2.75) is 69.2 Å². The molecule has 2 fully saturated rings. The van der Waals surface area contributed by atoms with Gasteiger partial charge in [0, 0.05) is 5.92 Å². The lowest BCUT2D eigenvalue weighted by Crippen LogP contribution is -2.39. The fraction of sp³-hybridized carbons (Fsp3) is 0.846. The van der Waals surface area contributed by atoms with E-state index in [0.717, 1.165) is 18.7 Å². The Morgan fingerprint density at radius 3 is 2.39 bits per heavy atom. The maximum atomic E-state index is 6.40. The molecule has 1 heterocycles. The molecule has 4 nitrogen and oxygen atoms in total. The topological polar surface area (TPSA) is 64.9 Å². The summed E-state index contributed by atoms with van der Waals surface area (Å²) in [6.45, 7) is 0. The molecule has 3 rings (SSSR count). The molecule has 0 aliphatic heterocycles. The number of aromatic nitrogens is 2. The highest BCUT2D eigenvalue weighted by atomic mass is 35.5. The molecule has 0 unspecified atom stereocenters. The van der Waals surface area contributed by atoms with Gasteiger partial charge in [-0.25, -0.2) is 0 Å². The fourth-order valence-electron chi connectivity index (χ4n) is 3.18. The highest BCUT2D eigenvalue weighted by molar-refractivity contribution is 5.85. The molecule has 0 aromatic carbocycles. The molecule has 0 spiro atoms. The zero-order chi connectivity index (χ0) is 11.7. The number of hydrogen-bond acceptors (Lipinski definition) is 4. The fourth-order valence-corrected chi connectivity index (χ4v) is 3.18. The largest absolute Gasteiger partial charge is 0.337 e. The van der Waals surface area contributed by atoms with Gasteiger partial charge in [-0.15, -0.1) is 12.4 Å². The van der Waals surface area contributed by atoms with E-state index in [9.17, 15) is 0 Å². The van der Waals surface area contributed by atoms with Crippen LogP contribution in [0.2, 0.25) is 0 Å². The van der Waals surface area contributed by atoms with Crippen molar-refractivity contribution in [1.82, 2.24) is 10.1 Å². The predicted octanol–water partition coefficient (Wildman–Crippen LogP) is 3.27. The van der Waals surface area contributed by atoms with Gasteiger partial charge in [-0.2, -0.15) is 4.98 Å². The molecule has 0 atom stereocenters. The quantitative estimate of drug-likeness (QED) is 0.897. The van der Waals surface area contributed by atoms with E-state index in [4.69, 9.17) is 10.3 Å². The third kappa shape index (κ3) is 2.54. The molecule has 0 saturated heterocycles. The van der Waals surface area contributed by atoms with Crippen molar-refractivity contribution in [2.24, 2.45) is 5.73 Å². The minimum atomic E-state index is -0.345. The summed E-state index contributed by atoms with van der Waals surface area (Å²) in [5, 5.41) is 4.15. The monoisotopic (exact) mass is 271 g/mol. The Morgan fingerprint density at radius 2 is 1.72 bits per heavy atom. The third-order valence-electron chi connectivity index (χ3n) is 4.33. The second-order valence-electron chi connectivity index (χ2n) is 5.66. The molecule has 2 aliphatic carbocycles. The van der Waals surface area contributed by atoms with Crippen molar-refractivity contribution in [3.8, 4) is 0 Å². The van der Waals surface area contributed by atoms with Crippen molar-refractivity contribution in [1.29, 1.82) is 0 Å². The average Bonchev–Trinajstić information content (AvgIpc) is 3.01. The molecule has 0 amide bonds. The average molecular weight is 272 g/mol. The van der Waals surface area contributed by atoms with E-state index >= 15 is 0 Å². The van der Waals surface area contributed by atoms with Crippen molar-refractivity contribution in [3.05, 3.63) is 11.7 Å². The van der Waals surface area contributed by atoms with E-state index < -0.39 is 0 Å². The van der Waals surface area contributed by atoms with E-state index in [1.165, 1.54) is 44.9 Å². The lowest BCUT2D eigenvalue weighted by molar-refractivity contribution is 0.219. The van der Waals surface area contributed by atoms with Crippen LogP contribution in [0.3, 0.4) is 0 Å². The van der Waals surface area contributed by atoms with Gasteiger partial charge in [-0.3, -0.25) is 0 Å². The van der Waals surface area contributed by atoms with Crippen LogP contribution in [-0.4, -0.2) is 10.1 Å². The lowest BCUT2D eigenvalue weighted by Gasteiger charge is -2.29. The number of halogens is 1. The molecule has 2 saturated carbocycles. The summed E-state index contributed by atoms with van der Waals surface area (Å²) in [7, 11) is 0. The SMILES string of the molecule is Cl.NC1(c2nc(C3CCCC3)no2)CCCCC1. The number of hydrogen-bond donors (Lipinski definition) is 1. The summed E-state index contributed by atoms with van der Waals surface area (Å²) < 4.78 is 5.43. The zero-order valence-corrected chi connectivity index (χ0v) is 11.5. The Labute approximate surface area is 114 Å². The minimum Gasteiger partial charge on any atom is -0.337 e. The number of rotatable bonds is 2. The predicted molar refractivity (Wildman–Crippen MR) is 71.7 cm³/mol. The maximum absolute atomic E-state index is 6.40. The molecule has 5 heteroatoms. The summed E-state index contributed by atoms with van der Waals surface area (Å²) in [6.07, 6.45) is 10.6. The van der Waals surface area contributed by atoms with Crippen LogP contribution in [0.5, 0.6) is 0 Å². The zero-order valence-electron chi connectivity index (χ0n) is 10.7. The first-order chi connectivity index (χ1) is 8.28. The van der Waals surface area contributed by atoms with Crippen molar-refractivity contribution in [2.75, 3.05) is 0 Å². The van der Waals surface area contributed by atoms with Gasteiger partial charge in [0.2, 0.25) is 5.89 Å². The van der Waals surface area contributed by atoms with E-state index in [-0.39, 0.29) is 17.9 Å². The molecule has 102 valence electrons. The van der Waals surface area contributed by atoms with Crippen molar-refractivity contribution < 1.29 is 4.52 Å². The molecule has 18 heavy (non-hydrogen) atoms. The van der Waals surface area contributed by atoms with E-state index in [1.807, 2.05) is 0 Å². The Morgan fingerprint density at radius 1 is 1.06 bits per heavy atom. The summed E-state index contributed by atoms with van der Waals surface area (Å²) >= 11 is 0. The van der Waals surface area contributed by atoms with Gasteiger partial charge in [0.05, 0.1) is 5.54 Å². The molecule has 0 radical (unpaired) electrons. The van der Waals surface area contributed by atoms with Crippen molar-refractivity contribution in [3.63, 3.8) is 0 Å². The first kappa shape index (κ1) is 13.8. The van der Waals surface area contributed by atoms with E-state index in [0.29, 0.717) is 11.8 Å². The first-order valence-corrected chi connectivity index (χ1v) is 6.91. The summed E-state index contributed by atoms with van der Waals surface area (Å²) in [6, 6.07) is 0. The van der Waals surface area contributed by atoms with Gasteiger partial charge in [0.15, 0.2) is 5.82 Å². The van der Waals surface area contributed by atoms with Crippen LogP contribution in [-0.2, 0) is 5.54 Å². The van der Waals surface area contributed by atoms with Crippen LogP contribution in [0.15, 0.2) is 4.52 Å². The van der Waals surface area contributed by atoms with E-state index in [2.05, 4.69) is 10.1 Å². The van der Waals surface area contributed by atoms with Gasteiger partial charge in [0.1, 0.15) is 0 Å². The smallest absolute Gasteiger partial charge is 0.246 e. The van der Waals surface area contributed by atoms with Crippen LogP contribution in [0.4, 0.5) is 0 Å². The van der Waals surface area contributed by atoms with E-state index in [1.54, 1.807) is 0 Å². The second-order valence-corrected chi connectivity index (χ2v) is 5.66. The molecule has 2 N–H and O–H groups in total. The number of nitrogens with two attached hydrogens (primary N) is 1. The van der Waals surface area contributed by atoms with Crippen LogP contribution < -0.4 is 5.73 Å². The van der Waals surface area contributed by atoms with Crippen LogP contribution in [0.25, 0.3) is 0 Å². The first-order valence-electron chi connectivity index (χ1n) is 6.91. The standard InChI is InChI=1S/C13H21N3O.ClH/c14-13(8-4-1-5-9-13)12-15-11(16-17-12)10-6-2-3-7-10;/h10H,1-9,14H2;1H. The lowest BCUT2D eigenvalue weighted by atomic mass is 9.82. The Balaban J connectivity index is 0.00000120. The summed E-state index contributed by atoms with van der Waals surface area (Å²) in [4.78, 5) is 4.58. The summed E-state index contributed by atoms with van der Waals surface area (Å²) in [5.74, 6) is 2.09. The Hall–Kier alpha value is -0.610. The minimum absolute atomic E-state index is 0. The molecule has 0 bridgehead atoms. The molecular formula is C13H22ClN3O. The van der Waals surface area contributed by atoms with Gasteiger partial charge < -0.3 is 10.3 Å². The van der Waals surface area contributed by atoms with Crippen molar-refractivity contribution >= 4 is 12.4 Å². The van der Waals surface area contributed by atoms with Crippen LogP contribution in [0, 0.1) is 0 Å². The molecule has 1 aromatic rings. The van der Waals surface area contributed by atoms with Gasteiger partial charge in [-0.1, -0.05) is 37.3 Å². The second kappa shape index (κ2) is 5.57. The Kier molecular flexibility index (Phi) is 4.28. The highest BCUT2D eigenvalue weighted by Gasteiger charge is 2.36. The normalized spacial score (nSPS) is 23.8. The third-order valence-corrected chi connectivity index (χ3v) is 4.33. The van der Waals surface area contributed by atoms with Gasteiger partial charge in [-0.05, 0) is 25.7 Å². The summed E-state index contributed by atoms with van der Waals surface area (Å²) in [5.41, 5.74) is 6.05. The Bertz CT molecular complexity index is 381. The van der Waals surface area contributed by atoms with Crippen LogP contribution in [0.1, 0.15) is 75.4 Å².